The van der Waals surface area contributed by atoms with Crippen LogP contribution >= 0.6 is 23.2 Å². The van der Waals surface area contributed by atoms with Crippen molar-refractivity contribution in [3.8, 4) is 0 Å². The molecule has 1 aliphatic rings. The molecule has 5 nitrogen and oxygen atoms in total. The van der Waals surface area contributed by atoms with Gasteiger partial charge in [-0.3, -0.25) is 4.79 Å². The number of nitrogens with one attached hydrogen (secondary N) is 3. The number of hydrogen-bond donors (Lipinski definition) is 4. The van der Waals surface area contributed by atoms with E-state index in [1.54, 1.807) is 6.07 Å². The highest BCUT2D eigenvalue weighted by molar-refractivity contribution is 6.45. The number of amides is 1. The van der Waals surface area contributed by atoms with Gasteiger partial charge >= 0.3 is 0 Å². The van der Waals surface area contributed by atoms with Gasteiger partial charge in [0.1, 0.15) is 0 Å². The van der Waals surface area contributed by atoms with E-state index in [1.807, 2.05) is 6.92 Å². The third-order valence-corrected chi connectivity index (χ3v) is 5.15. The summed E-state index contributed by atoms with van der Waals surface area (Å²) in [7, 11) is 0. The maximum absolute atomic E-state index is 12.3. The van der Waals surface area contributed by atoms with Crippen LogP contribution in [-0.2, 0) is 4.79 Å². The molecule has 0 saturated carbocycles. The molecule has 3 rings (SSSR count). The fourth-order valence-corrected chi connectivity index (χ4v) is 3.57. The van der Waals surface area contributed by atoms with Gasteiger partial charge in [-0.25, -0.2) is 0 Å². The predicted molar refractivity (Wildman–Crippen MR) is 93.7 cm³/mol. The molecule has 7 heteroatoms. The lowest BCUT2D eigenvalue weighted by molar-refractivity contribution is -0.122. The Morgan fingerprint density at radius 1 is 1.39 bits per heavy atom. The molecule has 0 unspecified atom stereocenters. The minimum Gasteiger partial charge on any atom is -0.395 e. The van der Waals surface area contributed by atoms with Gasteiger partial charge in [0.05, 0.1) is 28.1 Å². The van der Waals surface area contributed by atoms with E-state index in [9.17, 15) is 4.79 Å². The zero-order valence-electron chi connectivity index (χ0n) is 13.0. The number of carbonyl (C=O) groups excluding carboxylic acids is 1. The van der Waals surface area contributed by atoms with Gasteiger partial charge in [-0.15, -0.1) is 0 Å². The minimum atomic E-state index is -0.296. The molecule has 4 N–H and O–H groups in total. The molecular formula is C16H19Cl2N3O2. The van der Waals surface area contributed by atoms with Gasteiger partial charge in [-0.2, -0.15) is 0 Å². The van der Waals surface area contributed by atoms with Crippen LogP contribution < -0.4 is 10.6 Å². The number of fused-ring (bicyclic) bond motifs is 3. The monoisotopic (exact) mass is 355 g/mol. The van der Waals surface area contributed by atoms with Gasteiger partial charge in [0.25, 0.3) is 0 Å². The van der Waals surface area contributed by atoms with Crippen molar-refractivity contribution in [2.24, 2.45) is 0 Å². The summed E-state index contributed by atoms with van der Waals surface area (Å²) in [5.74, 6) is -0.155. The molecule has 0 saturated heterocycles. The molecule has 1 amide bonds. The van der Waals surface area contributed by atoms with Gasteiger partial charge in [0.15, 0.2) is 0 Å². The third kappa shape index (κ3) is 2.67. The smallest absolute Gasteiger partial charge is 0.227 e. The Morgan fingerprint density at radius 2 is 2.13 bits per heavy atom. The van der Waals surface area contributed by atoms with Crippen molar-refractivity contribution < 1.29 is 9.90 Å². The van der Waals surface area contributed by atoms with Crippen LogP contribution in [0.25, 0.3) is 10.9 Å². The summed E-state index contributed by atoms with van der Waals surface area (Å²) >= 11 is 12.6. The number of aliphatic hydroxyl groups is 1. The van der Waals surface area contributed by atoms with Crippen LogP contribution in [0.4, 0.5) is 5.69 Å². The van der Waals surface area contributed by atoms with E-state index < -0.39 is 0 Å². The first-order valence-electron chi connectivity index (χ1n) is 7.61. The topological polar surface area (TPSA) is 77.2 Å². The summed E-state index contributed by atoms with van der Waals surface area (Å²) in [6.07, 6.45) is 0. The van der Waals surface area contributed by atoms with Crippen LogP contribution in [0.2, 0.25) is 10.0 Å². The van der Waals surface area contributed by atoms with E-state index in [1.165, 1.54) is 0 Å². The summed E-state index contributed by atoms with van der Waals surface area (Å²) in [5, 5.41) is 17.0. The first kappa shape index (κ1) is 16.4. The Bertz CT molecular complexity index is 773. The van der Waals surface area contributed by atoms with Gasteiger partial charge in [-0.1, -0.05) is 30.1 Å². The maximum atomic E-state index is 12.3. The van der Waals surface area contributed by atoms with Crippen LogP contribution in [-0.4, -0.2) is 35.7 Å². The van der Waals surface area contributed by atoms with E-state index in [0.717, 1.165) is 27.8 Å². The number of H-pyrrole nitrogens is 1. The summed E-state index contributed by atoms with van der Waals surface area (Å²) in [4.78, 5) is 15.7. The fraction of sp³-hybridized carbons (Fsp3) is 0.438. The molecular weight excluding hydrogens is 337 g/mol. The zero-order chi connectivity index (χ0) is 16.7. The Kier molecular flexibility index (Phi) is 4.45. The first-order chi connectivity index (χ1) is 11.0. The second kappa shape index (κ2) is 6.23. The summed E-state index contributed by atoms with van der Waals surface area (Å²) in [6.45, 7) is 4.92. The van der Waals surface area contributed by atoms with E-state index in [2.05, 4.69) is 22.5 Å². The zero-order valence-corrected chi connectivity index (χ0v) is 14.5. The van der Waals surface area contributed by atoms with Crippen molar-refractivity contribution in [2.45, 2.75) is 25.7 Å². The molecule has 0 bridgehead atoms. The number of hydrogen-bond acceptors (Lipinski definition) is 3. The number of halogens is 2. The second-order valence-corrected chi connectivity index (χ2v) is 6.73. The number of aromatic amines is 1. The minimum absolute atomic E-state index is 0.000788. The molecule has 2 aromatic rings. The standard InChI is InChI=1S/C16H19Cl2N3O2/c1-7-6-20-16(23)8(2)11-12-10(19-3-4-22)5-9(17)13(18)15(12)21-14(7)11/h5,7-8,19,21-22H,3-4,6H2,1-2H3,(H,20,23)/t7-,8+/m1/s1. The molecule has 2 heterocycles. The van der Waals surface area contributed by atoms with Crippen molar-refractivity contribution >= 4 is 45.7 Å². The molecule has 124 valence electrons. The van der Waals surface area contributed by atoms with E-state index in [4.69, 9.17) is 28.3 Å². The third-order valence-electron chi connectivity index (χ3n) is 4.37. The molecule has 2 atom stereocenters. The molecule has 23 heavy (non-hydrogen) atoms. The molecule has 0 radical (unpaired) electrons. The highest BCUT2D eigenvalue weighted by atomic mass is 35.5. The Balaban J connectivity index is 2.33. The maximum Gasteiger partial charge on any atom is 0.227 e. The van der Waals surface area contributed by atoms with Crippen LogP contribution in [0.1, 0.15) is 36.9 Å². The van der Waals surface area contributed by atoms with Crippen molar-refractivity contribution in [2.75, 3.05) is 25.0 Å². The molecule has 0 aliphatic carbocycles. The SMILES string of the molecule is C[C@@H]1CNC(=O)[C@@H](C)c2c1[nH]c1c(Cl)c(Cl)cc(NCCO)c21. The van der Waals surface area contributed by atoms with Crippen LogP contribution in [0.5, 0.6) is 0 Å². The number of benzene rings is 1. The largest absolute Gasteiger partial charge is 0.395 e. The van der Waals surface area contributed by atoms with Crippen molar-refractivity contribution in [1.82, 2.24) is 10.3 Å². The normalized spacial score (nSPS) is 21.0. The van der Waals surface area contributed by atoms with E-state index in [0.29, 0.717) is 23.1 Å². The molecule has 1 aromatic carbocycles. The van der Waals surface area contributed by atoms with Crippen molar-refractivity contribution in [3.63, 3.8) is 0 Å². The number of rotatable bonds is 3. The lowest BCUT2D eigenvalue weighted by Gasteiger charge is -2.13. The highest BCUT2D eigenvalue weighted by Gasteiger charge is 2.31. The number of aliphatic hydroxyl groups excluding tert-OH is 1. The molecule has 0 fully saturated rings. The summed E-state index contributed by atoms with van der Waals surface area (Å²) in [5.41, 5.74) is 3.45. The molecule has 1 aromatic heterocycles. The highest BCUT2D eigenvalue weighted by Crippen LogP contribution is 2.43. The summed E-state index contributed by atoms with van der Waals surface area (Å²) in [6, 6.07) is 1.75. The van der Waals surface area contributed by atoms with Gasteiger partial charge < -0.3 is 20.7 Å². The van der Waals surface area contributed by atoms with E-state index in [-0.39, 0.29) is 24.3 Å². The Hall–Kier alpha value is -1.43. The van der Waals surface area contributed by atoms with Crippen LogP contribution in [0.3, 0.4) is 0 Å². The fourth-order valence-electron chi connectivity index (χ4n) is 3.17. The lowest BCUT2D eigenvalue weighted by Crippen LogP contribution is -2.27. The number of anilines is 1. The van der Waals surface area contributed by atoms with E-state index >= 15 is 0 Å². The number of carbonyl (C=O) groups is 1. The van der Waals surface area contributed by atoms with Crippen molar-refractivity contribution in [1.29, 1.82) is 0 Å². The molecule has 1 aliphatic heterocycles. The van der Waals surface area contributed by atoms with Gasteiger partial charge in [-0.05, 0) is 18.6 Å². The first-order valence-corrected chi connectivity index (χ1v) is 8.37. The van der Waals surface area contributed by atoms with Crippen molar-refractivity contribution in [3.05, 3.63) is 27.4 Å². The van der Waals surface area contributed by atoms with Crippen LogP contribution in [0.15, 0.2) is 6.07 Å². The lowest BCUT2D eigenvalue weighted by atomic mass is 9.93. The Morgan fingerprint density at radius 3 is 2.83 bits per heavy atom. The summed E-state index contributed by atoms with van der Waals surface area (Å²) < 4.78 is 0. The predicted octanol–water partition coefficient (Wildman–Crippen LogP) is 3.22. The van der Waals surface area contributed by atoms with Gasteiger partial charge in [0, 0.05) is 35.8 Å². The second-order valence-electron chi connectivity index (χ2n) is 5.94. The average Bonchev–Trinajstić information content (AvgIpc) is 2.90. The number of aromatic nitrogens is 1. The van der Waals surface area contributed by atoms with Gasteiger partial charge in [0.2, 0.25) is 5.91 Å². The average molecular weight is 356 g/mol. The van der Waals surface area contributed by atoms with Crippen LogP contribution in [0, 0.1) is 0 Å². The Labute approximate surface area is 144 Å². The quantitative estimate of drug-likeness (QED) is 0.682. The molecule has 0 spiro atoms.